The van der Waals surface area contributed by atoms with Crippen molar-refractivity contribution in [2.24, 2.45) is 0 Å². The van der Waals surface area contributed by atoms with Crippen molar-refractivity contribution >= 4 is 29.2 Å². The second kappa shape index (κ2) is 8.17. The maximum Gasteiger partial charge on any atom is 0.276 e. The van der Waals surface area contributed by atoms with Crippen molar-refractivity contribution in [2.75, 3.05) is 7.05 Å². The third-order valence-electron chi connectivity index (χ3n) is 6.00. The zero-order valence-electron chi connectivity index (χ0n) is 16.2. The number of nitrogens with zero attached hydrogens (tertiary/aromatic N) is 3. The molecule has 28 heavy (non-hydrogen) atoms. The van der Waals surface area contributed by atoms with E-state index in [9.17, 15) is 14.0 Å². The predicted octanol–water partition coefficient (Wildman–Crippen LogP) is 2.72. The van der Waals surface area contributed by atoms with Gasteiger partial charge in [0.2, 0.25) is 5.43 Å². The van der Waals surface area contributed by atoms with Crippen LogP contribution in [-0.4, -0.2) is 45.8 Å². The normalized spacial score (nSPS) is 24.2. The molecular formula is C20H26ClFN4O2. The number of carbonyl (C=O) groups excluding carboxylic acids is 1. The van der Waals surface area contributed by atoms with Gasteiger partial charge in [0.05, 0.1) is 10.9 Å². The molecule has 1 N–H and O–H groups in total. The van der Waals surface area contributed by atoms with Crippen LogP contribution in [0.4, 0.5) is 4.39 Å². The summed E-state index contributed by atoms with van der Waals surface area (Å²) >= 11 is 0. The van der Waals surface area contributed by atoms with Gasteiger partial charge in [-0.1, -0.05) is 6.92 Å². The number of aryl methyl sites for hydroxylation is 1. The highest BCUT2D eigenvalue weighted by molar-refractivity contribution is 5.95. The van der Waals surface area contributed by atoms with Gasteiger partial charge in [0.25, 0.3) is 5.91 Å². The van der Waals surface area contributed by atoms with Crippen LogP contribution in [0.15, 0.2) is 23.0 Å². The topological polar surface area (TPSA) is 67.2 Å². The van der Waals surface area contributed by atoms with Crippen LogP contribution in [0.3, 0.4) is 0 Å². The monoisotopic (exact) mass is 408 g/mol. The molecule has 1 aromatic carbocycles. The van der Waals surface area contributed by atoms with E-state index in [0.717, 1.165) is 32.1 Å². The van der Waals surface area contributed by atoms with Crippen LogP contribution < -0.4 is 10.7 Å². The predicted molar refractivity (Wildman–Crippen MR) is 109 cm³/mol. The molecule has 0 aliphatic carbocycles. The standard InChI is InChI=1S/C20H25FN4O2.ClH/c1-3-8-25-17-7-4-12(21)9-16(17)19(26)18(23-25)20(27)22-13-10-14-5-6-15(11-13)24(14)2;/h4,7,9,13-15H,3,5-6,8,10-11H2,1-2H3,(H,22,27);1H/t13?,14-,15+;. The molecule has 8 heteroatoms. The number of carbonyl (C=O) groups is 1. The molecule has 2 bridgehead atoms. The number of amides is 1. The van der Waals surface area contributed by atoms with Crippen molar-refractivity contribution in [3.05, 3.63) is 39.9 Å². The Kier molecular flexibility index (Phi) is 6.05. The average Bonchev–Trinajstić information content (AvgIpc) is 2.85. The third-order valence-corrected chi connectivity index (χ3v) is 6.00. The zero-order valence-corrected chi connectivity index (χ0v) is 17.0. The summed E-state index contributed by atoms with van der Waals surface area (Å²) in [6, 6.07) is 5.08. The molecule has 152 valence electrons. The van der Waals surface area contributed by atoms with Gasteiger partial charge in [-0.3, -0.25) is 14.3 Å². The first-order valence-electron chi connectivity index (χ1n) is 9.71. The SMILES string of the molecule is CCCn1nc(C(=O)NC2C[C@H]3CC[C@@H](C2)N3C)c(=O)c2cc(F)ccc21.Cl. The molecular weight excluding hydrogens is 383 g/mol. The number of piperidine rings is 1. The van der Waals surface area contributed by atoms with Crippen LogP contribution in [-0.2, 0) is 6.54 Å². The number of rotatable bonds is 4. The number of aromatic nitrogens is 2. The minimum Gasteiger partial charge on any atom is -0.348 e. The largest absolute Gasteiger partial charge is 0.348 e. The zero-order chi connectivity index (χ0) is 19.1. The maximum atomic E-state index is 13.7. The first kappa shape index (κ1) is 20.7. The summed E-state index contributed by atoms with van der Waals surface area (Å²) in [6.45, 7) is 2.55. The Labute approximate surface area is 169 Å². The highest BCUT2D eigenvalue weighted by atomic mass is 35.5. The smallest absolute Gasteiger partial charge is 0.276 e. The van der Waals surface area contributed by atoms with Crippen LogP contribution in [0, 0.1) is 5.82 Å². The molecule has 0 saturated carbocycles. The molecule has 4 rings (SSSR count). The number of hydrogen-bond donors (Lipinski definition) is 1. The van der Waals surface area contributed by atoms with Gasteiger partial charge < -0.3 is 10.2 Å². The van der Waals surface area contributed by atoms with Gasteiger partial charge in [0, 0.05) is 24.7 Å². The molecule has 1 amide bonds. The molecule has 3 atom stereocenters. The van der Waals surface area contributed by atoms with Gasteiger partial charge in [-0.15, -0.1) is 12.4 Å². The van der Waals surface area contributed by atoms with E-state index in [1.54, 1.807) is 10.7 Å². The molecule has 3 heterocycles. The Bertz CT molecular complexity index is 934. The fourth-order valence-corrected chi connectivity index (χ4v) is 4.58. The van der Waals surface area contributed by atoms with E-state index in [4.69, 9.17) is 0 Å². The van der Waals surface area contributed by atoms with Gasteiger partial charge in [-0.25, -0.2) is 4.39 Å². The maximum absolute atomic E-state index is 13.7. The summed E-state index contributed by atoms with van der Waals surface area (Å²) in [5.41, 5.74) is -0.102. The molecule has 2 aliphatic heterocycles. The highest BCUT2D eigenvalue weighted by Gasteiger charge is 2.39. The summed E-state index contributed by atoms with van der Waals surface area (Å²) in [6.07, 6.45) is 4.89. The summed E-state index contributed by atoms with van der Waals surface area (Å²) in [4.78, 5) is 28.0. The summed E-state index contributed by atoms with van der Waals surface area (Å²) in [5.74, 6) is -0.947. The van der Waals surface area contributed by atoms with Gasteiger partial charge in [-0.05, 0) is 57.4 Å². The van der Waals surface area contributed by atoms with Crippen molar-refractivity contribution < 1.29 is 9.18 Å². The number of halogens is 2. The van der Waals surface area contributed by atoms with Crippen molar-refractivity contribution in [3.63, 3.8) is 0 Å². The average molecular weight is 409 g/mol. The van der Waals surface area contributed by atoms with E-state index < -0.39 is 17.2 Å². The Balaban J connectivity index is 0.00000225. The molecule has 2 aliphatic rings. The number of nitrogens with one attached hydrogen (secondary N) is 1. The van der Waals surface area contributed by atoms with E-state index in [1.165, 1.54) is 12.1 Å². The van der Waals surface area contributed by atoms with Crippen LogP contribution in [0.2, 0.25) is 0 Å². The fourth-order valence-electron chi connectivity index (χ4n) is 4.58. The Morgan fingerprint density at radius 1 is 1.29 bits per heavy atom. The molecule has 1 aromatic heterocycles. The molecule has 6 nitrogen and oxygen atoms in total. The van der Waals surface area contributed by atoms with Gasteiger partial charge in [0.15, 0.2) is 5.69 Å². The lowest BCUT2D eigenvalue weighted by Gasteiger charge is -2.36. The van der Waals surface area contributed by atoms with E-state index in [0.29, 0.717) is 24.1 Å². The lowest BCUT2D eigenvalue weighted by atomic mass is 9.98. The Hall–Kier alpha value is -1.99. The van der Waals surface area contributed by atoms with Gasteiger partial charge >= 0.3 is 0 Å². The van der Waals surface area contributed by atoms with E-state index >= 15 is 0 Å². The second-order valence-corrected chi connectivity index (χ2v) is 7.75. The molecule has 0 radical (unpaired) electrons. The highest BCUT2D eigenvalue weighted by Crippen LogP contribution is 2.34. The van der Waals surface area contributed by atoms with Crippen LogP contribution in [0.25, 0.3) is 10.9 Å². The van der Waals surface area contributed by atoms with Crippen molar-refractivity contribution in [2.45, 2.75) is 63.7 Å². The molecule has 2 saturated heterocycles. The second-order valence-electron chi connectivity index (χ2n) is 7.75. The minimum absolute atomic E-state index is 0. The molecule has 2 fully saturated rings. The Morgan fingerprint density at radius 3 is 2.61 bits per heavy atom. The first-order chi connectivity index (χ1) is 13.0. The van der Waals surface area contributed by atoms with Crippen molar-refractivity contribution in [3.8, 4) is 0 Å². The minimum atomic E-state index is -0.509. The van der Waals surface area contributed by atoms with Crippen LogP contribution in [0.1, 0.15) is 49.5 Å². The van der Waals surface area contributed by atoms with E-state index in [2.05, 4.69) is 22.4 Å². The third kappa shape index (κ3) is 3.65. The van der Waals surface area contributed by atoms with Crippen LogP contribution >= 0.6 is 12.4 Å². The first-order valence-corrected chi connectivity index (χ1v) is 9.71. The number of fused-ring (bicyclic) bond motifs is 3. The van der Waals surface area contributed by atoms with Gasteiger partial charge in [0.1, 0.15) is 5.82 Å². The summed E-state index contributed by atoms with van der Waals surface area (Å²) in [5, 5.41) is 7.52. The van der Waals surface area contributed by atoms with Crippen molar-refractivity contribution in [1.82, 2.24) is 20.0 Å². The lowest BCUT2D eigenvalue weighted by molar-refractivity contribution is 0.0874. The molecule has 2 aromatic rings. The quantitative estimate of drug-likeness (QED) is 0.844. The van der Waals surface area contributed by atoms with Crippen LogP contribution in [0.5, 0.6) is 0 Å². The lowest BCUT2D eigenvalue weighted by Crippen LogP contribution is -2.49. The van der Waals surface area contributed by atoms with E-state index in [1.807, 2.05) is 6.92 Å². The molecule has 1 unspecified atom stereocenters. The molecule has 0 spiro atoms. The van der Waals surface area contributed by atoms with Gasteiger partial charge in [-0.2, -0.15) is 5.10 Å². The summed E-state index contributed by atoms with van der Waals surface area (Å²) in [7, 11) is 2.14. The van der Waals surface area contributed by atoms with E-state index in [-0.39, 0.29) is 29.5 Å². The number of benzene rings is 1. The van der Waals surface area contributed by atoms with Crippen molar-refractivity contribution in [1.29, 1.82) is 0 Å². The number of hydrogen-bond acceptors (Lipinski definition) is 4. The Morgan fingerprint density at radius 2 is 1.96 bits per heavy atom. The summed E-state index contributed by atoms with van der Waals surface area (Å²) < 4.78 is 15.3. The fraction of sp³-hybridized carbons (Fsp3) is 0.550.